The Hall–Kier alpha value is -2.04. The Kier molecular flexibility index (Phi) is 3.49. The average molecular weight is 193 g/mol. The van der Waals surface area contributed by atoms with Crippen molar-refractivity contribution in [3.63, 3.8) is 0 Å². The largest absolute Gasteiger partial charge is 0.441 e. The minimum absolute atomic E-state index is 0.187. The maximum absolute atomic E-state index is 11.0. The molecule has 4 N–H and O–H groups in total. The Labute approximate surface area is 81.4 Å². The molecule has 0 bridgehead atoms. The van der Waals surface area contributed by atoms with Gasteiger partial charge in [0, 0.05) is 5.69 Å². The van der Waals surface area contributed by atoms with Crippen LogP contribution in [-0.4, -0.2) is 18.5 Å². The number of rotatable bonds is 3. The summed E-state index contributed by atoms with van der Waals surface area (Å²) in [6.45, 7) is -0.196. The van der Waals surface area contributed by atoms with E-state index in [1.54, 1.807) is 24.3 Å². The van der Waals surface area contributed by atoms with Crippen LogP contribution in [-0.2, 0) is 4.74 Å². The quantitative estimate of drug-likeness (QED) is 0.497. The van der Waals surface area contributed by atoms with Crippen LogP contribution in [0, 0.1) is 5.41 Å². The van der Waals surface area contributed by atoms with E-state index in [0.717, 1.165) is 0 Å². The van der Waals surface area contributed by atoms with Gasteiger partial charge in [-0.1, -0.05) is 18.2 Å². The topological polar surface area (TPSA) is 88.2 Å². The second kappa shape index (κ2) is 4.86. The van der Waals surface area contributed by atoms with E-state index >= 15 is 0 Å². The normalized spacial score (nSPS) is 9.14. The molecule has 5 heteroatoms. The molecule has 0 saturated heterocycles. The maximum atomic E-state index is 11.0. The Balaban J connectivity index is 2.38. The molecule has 0 radical (unpaired) electrons. The van der Waals surface area contributed by atoms with Crippen molar-refractivity contribution in [2.24, 2.45) is 5.73 Å². The van der Waals surface area contributed by atoms with E-state index in [-0.39, 0.29) is 12.4 Å². The highest BCUT2D eigenvalue weighted by atomic mass is 16.5. The first-order valence-corrected chi connectivity index (χ1v) is 4.00. The van der Waals surface area contributed by atoms with Gasteiger partial charge in [0.05, 0.1) is 0 Å². The van der Waals surface area contributed by atoms with E-state index in [4.69, 9.17) is 11.1 Å². The van der Waals surface area contributed by atoms with Gasteiger partial charge in [-0.25, -0.2) is 4.79 Å². The van der Waals surface area contributed by atoms with Crippen LogP contribution in [0.3, 0.4) is 0 Å². The predicted octanol–water partition coefficient (Wildman–Crippen LogP) is 1.17. The van der Waals surface area contributed by atoms with Gasteiger partial charge >= 0.3 is 6.09 Å². The number of nitrogens with two attached hydrogens (primary N) is 1. The summed E-state index contributed by atoms with van der Waals surface area (Å²) < 4.78 is 4.61. The maximum Gasteiger partial charge on any atom is 0.412 e. The molecule has 0 fully saturated rings. The van der Waals surface area contributed by atoms with Crippen molar-refractivity contribution >= 4 is 17.6 Å². The zero-order valence-electron chi connectivity index (χ0n) is 7.49. The highest BCUT2D eigenvalue weighted by Crippen LogP contribution is 2.04. The molecule has 0 aliphatic carbocycles. The van der Waals surface area contributed by atoms with E-state index in [9.17, 15) is 4.79 Å². The van der Waals surface area contributed by atoms with E-state index in [1.165, 1.54) is 0 Å². The molecule has 0 aromatic heterocycles. The Bertz CT molecular complexity index is 324. The van der Waals surface area contributed by atoms with Crippen molar-refractivity contribution in [3.05, 3.63) is 30.3 Å². The molecule has 5 nitrogen and oxygen atoms in total. The monoisotopic (exact) mass is 193 g/mol. The van der Waals surface area contributed by atoms with Crippen LogP contribution in [0.15, 0.2) is 30.3 Å². The van der Waals surface area contributed by atoms with Crippen LogP contribution in [0.1, 0.15) is 0 Å². The number of ether oxygens (including phenoxy) is 1. The third-order valence-electron chi connectivity index (χ3n) is 1.38. The van der Waals surface area contributed by atoms with Gasteiger partial charge in [0.2, 0.25) is 0 Å². The summed E-state index contributed by atoms with van der Waals surface area (Å²) in [5, 5.41) is 9.32. The van der Waals surface area contributed by atoms with Crippen LogP contribution >= 0.6 is 0 Å². The number of amides is 1. The highest BCUT2D eigenvalue weighted by Gasteiger charge is 2.02. The van der Waals surface area contributed by atoms with Crippen LogP contribution in [0.4, 0.5) is 10.5 Å². The first-order valence-electron chi connectivity index (χ1n) is 4.00. The Morgan fingerprint density at radius 1 is 1.43 bits per heavy atom. The standard InChI is InChI=1S/C9H11N3O2/c10-8(11)6-14-9(13)12-7-4-2-1-3-5-7/h1-5H,6H2,(H3,10,11)(H,12,13). The summed E-state index contributed by atoms with van der Waals surface area (Å²) in [5.74, 6) is -0.187. The zero-order valence-corrected chi connectivity index (χ0v) is 7.49. The Morgan fingerprint density at radius 2 is 2.07 bits per heavy atom. The fourth-order valence-electron chi connectivity index (χ4n) is 0.819. The summed E-state index contributed by atoms with van der Waals surface area (Å²) in [6, 6.07) is 8.89. The highest BCUT2D eigenvalue weighted by molar-refractivity contribution is 5.87. The molecule has 1 amide bonds. The first kappa shape index (κ1) is 10.0. The molecule has 0 aliphatic rings. The lowest BCUT2D eigenvalue weighted by molar-refractivity contribution is 0.177. The molecule has 1 aromatic carbocycles. The third-order valence-corrected chi connectivity index (χ3v) is 1.38. The number of hydrogen-bond acceptors (Lipinski definition) is 3. The van der Waals surface area contributed by atoms with Crippen molar-refractivity contribution in [1.29, 1.82) is 5.41 Å². The summed E-state index contributed by atoms with van der Waals surface area (Å²) in [7, 11) is 0. The molecule has 0 spiro atoms. The Morgan fingerprint density at radius 3 is 2.64 bits per heavy atom. The van der Waals surface area contributed by atoms with E-state index in [1.807, 2.05) is 6.07 Å². The van der Waals surface area contributed by atoms with Gasteiger partial charge < -0.3 is 10.5 Å². The van der Waals surface area contributed by atoms with Gasteiger partial charge in [-0.2, -0.15) is 0 Å². The van der Waals surface area contributed by atoms with Crippen LogP contribution in [0.25, 0.3) is 0 Å². The SMILES string of the molecule is N=C(N)COC(=O)Nc1ccccc1. The lowest BCUT2D eigenvalue weighted by atomic mass is 10.3. The van der Waals surface area contributed by atoms with Crippen molar-refractivity contribution in [2.45, 2.75) is 0 Å². The number of hydrogen-bond donors (Lipinski definition) is 3. The van der Waals surface area contributed by atoms with Crippen molar-refractivity contribution in [2.75, 3.05) is 11.9 Å². The average Bonchev–Trinajstić information content (AvgIpc) is 2.16. The minimum Gasteiger partial charge on any atom is -0.441 e. The second-order valence-electron chi connectivity index (χ2n) is 2.59. The number of benzene rings is 1. The molecule has 0 aliphatic heterocycles. The predicted molar refractivity (Wildman–Crippen MR) is 53.3 cm³/mol. The van der Waals surface area contributed by atoms with Crippen molar-refractivity contribution < 1.29 is 9.53 Å². The lowest BCUT2D eigenvalue weighted by Gasteiger charge is -2.05. The third kappa shape index (κ3) is 3.57. The van der Waals surface area contributed by atoms with Gasteiger partial charge in [0.25, 0.3) is 0 Å². The molecule has 0 unspecified atom stereocenters. The summed E-state index contributed by atoms with van der Waals surface area (Å²) in [4.78, 5) is 11.0. The molecular weight excluding hydrogens is 182 g/mol. The summed E-state index contributed by atoms with van der Waals surface area (Å²) >= 11 is 0. The minimum atomic E-state index is -0.619. The molecule has 14 heavy (non-hydrogen) atoms. The molecular formula is C9H11N3O2. The van der Waals surface area contributed by atoms with E-state index in [2.05, 4.69) is 10.1 Å². The number of carbonyl (C=O) groups is 1. The summed E-state index contributed by atoms with van der Waals surface area (Å²) in [6.07, 6.45) is -0.619. The van der Waals surface area contributed by atoms with Gasteiger partial charge in [0.15, 0.2) is 0 Å². The van der Waals surface area contributed by atoms with Crippen molar-refractivity contribution in [1.82, 2.24) is 0 Å². The molecule has 74 valence electrons. The van der Waals surface area contributed by atoms with Crippen LogP contribution in [0.2, 0.25) is 0 Å². The second-order valence-corrected chi connectivity index (χ2v) is 2.59. The molecule has 0 saturated carbocycles. The van der Waals surface area contributed by atoms with Gasteiger partial charge in [-0.3, -0.25) is 10.7 Å². The molecule has 0 atom stereocenters. The van der Waals surface area contributed by atoms with Gasteiger partial charge in [-0.15, -0.1) is 0 Å². The first-order chi connectivity index (χ1) is 6.68. The number of amidine groups is 1. The number of nitrogens with one attached hydrogen (secondary N) is 2. The van der Waals surface area contributed by atoms with Crippen LogP contribution < -0.4 is 11.1 Å². The van der Waals surface area contributed by atoms with Crippen molar-refractivity contribution in [3.8, 4) is 0 Å². The van der Waals surface area contributed by atoms with Gasteiger partial charge in [-0.05, 0) is 12.1 Å². The lowest BCUT2D eigenvalue weighted by Crippen LogP contribution is -2.23. The fraction of sp³-hybridized carbons (Fsp3) is 0.111. The van der Waals surface area contributed by atoms with E-state index < -0.39 is 6.09 Å². The fourth-order valence-corrected chi connectivity index (χ4v) is 0.819. The van der Waals surface area contributed by atoms with Gasteiger partial charge in [0.1, 0.15) is 12.4 Å². The molecule has 0 heterocycles. The zero-order chi connectivity index (χ0) is 10.4. The number of para-hydroxylation sites is 1. The molecule has 1 aromatic rings. The van der Waals surface area contributed by atoms with Crippen LogP contribution in [0.5, 0.6) is 0 Å². The van der Waals surface area contributed by atoms with E-state index in [0.29, 0.717) is 5.69 Å². The smallest absolute Gasteiger partial charge is 0.412 e. The number of carbonyl (C=O) groups excluding carboxylic acids is 1. The summed E-state index contributed by atoms with van der Waals surface area (Å²) in [5.41, 5.74) is 5.65. The molecule has 1 rings (SSSR count). The number of anilines is 1.